The summed E-state index contributed by atoms with van der Waals surface area (Å²) in [6.07, 6.45) is 2.26. The summed E-state index contributed by atoms with van der Waals surface area (Å²) in [6, 6.07) is 6.91. The minimum absolute atomic E-state index is 0.0568. The molecule has 2 aliphatic rings. The van der Waals surface area contributed by atoms with Crippen molar-refractivity contribution in [2.75, 3.05) is 24.6 Å². The van der Waals surface area contributed by atoms with Gasteiger partial charge in [0.2, 0.25) is 0 Å². The normalized spacial score (nSPS) is 28.4. The molecule has 0 amide bonds. The van der Waals surface area contributed by atoms with E-state index in [1.54, 1.807) is 6.07 Å². The molecule has 3 rings (SSSR count). The second-order valence-corrected chi connectivity index (χ2v) is 8.35. The number of sulfone groups is 1. The van der Waals surface area contributed by atoms with Crippen LogP contribution in [0.3, 0.4) is 0 Å². The predicted molar refractivity (Wildman–Crippen MR) is 76.9 cm³/mol. The first-order valence-electron chi connectivity index (χ1n) is 7.18. The molecule has 1 spiro atoms. The number of benzene rings is 1. The summed E-state index contributed by atoms with van der Waals surface area (Å²) < 4.78 is 37.5. The van der Waals surface area contributed by atoms with Crippen molar-refractivity contribution in [2.45, 2.75) is 25.2 Å². The highest BCUT2D eigenvalue weighted by molar-refractivity contribution is 7.91. The van der Waals surface area contributed by atoms with E-state index in [1.165, 1.54) is 6.07 Å². The number of hydrogen-bond donors (Lipinski definition) is 1. The molecule has 3 nitrogen and oxygen atoms in total. The lowest BCUT2D eigenvalue weighted by Gasteiger charge is -2.47. The first kappa shape index (κ1) is 14.0. The van der Waals surface area contributed by atoms with Gasteiger partial charge in [-0.3, -0.25) is 0 Å². The van der Waals surface area contributed by atoms with Gasteiger partial charge in [0.25, 0.3) is 0 Å². The third-order valence-corrected chi connectivity index (χ3v) is 6.64. The van der Waals surface area contributed by atoms with Crippen molar-refractivity contribution in [1.82, 2.24) is 5.32 Å². The zero-order chi connectivity index (χ0) is 14.2. The SMILES string of the molecule is O=S1(=O)CCC2(CCNCC2c2ccccc2F)CC1. The fraction of sp³-hybridized carbons (Fsp3) is 0.600. The van der Waals surface area contributed by atoms with E-state index < -0.39 is 9.84 Å². The Morgan fingerprint density at radius 3 is 2.55 bits per heavy atom. The lowest BCUT2D eigenvalue weighted by atomic mass is 9.64. The van der Waals surface area contributed by atoms with Gasteiger partial charge >= 0.3 is 0 Å². The third kappa shape index (κ3) is 2.49. The van der Waals surface area contributed by atoms with Crippen LogP contribution >= 0.6 is 0 Å². The van der Waals surface area contributed by atoms with Gasteiger partial charge in [0.05, 0.1) is 11.5 Å². The van der Waals surface area contributed by atoms with E-state index >= 15 is 0 Å². The number of halogens is 1. The van der Waals surface area contributed by atoms with Crippen LogP contribution in [0.15, 0.2) is 24.3 Å². The molecule has 0 radical (unpaired) electrons. The molecule has 1 aromatic carbocycles. The predicted octanol–water partition coefficient (Wildman–Crippen LogP) is 2.10. The minimum atomic E-state index is -2.89. The van der Waals surface area contributed by atoms with Crippen LogP contribution in [0.2, 0.25) is 0 Å². The molecule has 2 saturated heterocycles. The van der Waals surface area contributed by atoms with Crippen molar-refractivity contribution in [3.63, 3.8) is 0 Å². The fourth-order valence-corrected chi connectivity index (χ4v) is 5.35. The van der Waals surface area contributed by atoms with Crippen LogP contribution in [0, 0.1) is 11.2 Å². The molecule has 1 aromatic rings. The maximum Gasteiger partial charge on any atom is 0.150 e. The Labute approximate surface area is 119 Å². The van der Waals surface area contributed by atoms with Gasteiger partial charge in [-0.2, -0.15) is 0 Å². The highest BCUT2D eigenvalue weighted by Gasteiger charge is 2.45. The van der Waals surface area contributed by atoms with Crippen LogP contribution < -0.4 is 5.32 Å². The van der Waals surface area contributed by atoms with Crippen LogP contribution in [0.5, 0.6) is 0 Å². The Kier molecular flexibility index (Phi) is 3.58. The average molecular weight is 297 g/mol. The van der Waals surface area contributed by atoms with Gasteiger partial charge in [-0.1, -0.05) is 18.2 Å². The van der Waals surface area contributed by atoms with Gasteiger partial charge in [-0.25, -0.2) is 12.8 Å². The smallest absolute Gasteiger partial charge is 0.150 e. The Bertz CT molecular complexity index is 586. The van der Waals surface area contributed by atoms with Crippen LogP contribution in [-0.2, 0) is 9.84 Å². The summed E-state index contributed by atoms with van der Waals surface area (Å²) in [5.41, 5.74) is 0.678. The molecule has 0 aliphatic carbocycles. The van der Waals surface area contributed by atoms with Crippen LogP contribution in [0.4, 0.5) is 4.39 Å². The van der Waals surface area contributed by atoms with Crippen molar-refractivity contribution in [1.29, 1.82) is 0 Å². The quantitative estimate of drug-likeness (QED) is 0.863. The Hall–Kier alpha value is -0.940. The summed E-state index contributed by atoms with van der Waals surface area (Å²) in [7, 11) is -2.89. The summed E-state index contributed by atoms with van der Waals surface area (Å²) in [4.78, 5) is 0. The highest BCUT2D eigenvalue weighted by atomic mass is 32.2. The summed E-state index contributed by atoms with van der Waals surface area (Å²) >= 11 is 0. The molecule has 20 heavy (non-hydrogen) atoms. The molecule has 5 heteroatoms. The van der Waals surface area contributed by atoms with E-state index in [1.807, 2.05) is 12.1 Å². The van der Waals surface area contributed by atoms with Gasteiger partial charge in [-0.15, -0.1) is 0 Å². The van der Waals surface area contributed by atoms with Crippen molar-refractivity contribution in [3.8, 4) is 0 Å². The largest absolute Gasteiger partial charge is 0.316 e. The second-order valence-electron chi connectivity index (χ2n) is 6.04. The Balaban J connectivity index is 1.94. The molecule has 1 N–H and O–H groups in total. The van der Waals surface area contributed by atoms with Gasteiger partial charge in [-0.05, 0) is 42.9 Å². The van der Waals surface area contributed by atoms with Gasteiger partial charge in [0.1, 0.15) is 15.7 Å². The lowest BCUT2D eigenvalue weighted by Crippen LogP contribution is -2.48. The van der Waals surface area contributed by atoms with Crippen LogP contribution in [0.25, 0.3) is 0 Å². The minimum Gasteiger partial charge on any atom is -0.316 e. The lowest BCUT2D eigenvalue weighted by molar-refractivity contribution is 0.142. The zero-order valence-electron chi connectivity index (χ0n) is 11.4. The molecule has 2 fully saturated rings. The molecule has 2 aliphatic heterocycles. The molecule has 0 bridgehead atoms. The third-order valence-electron chi connectivity index (χ3n) is 4.99. The monoisotopic (exact) mass is 297 g/mol. The first-order valence-corrected chi connectivity index (χ1v) is 9.00. The van der Waals surface area contributed by atoms with E-state index in [4.69, 9.17) is 0 Å². The molecule has 0 saturated carbocycles. The van der Waals surface area contributed by atoms with Crippen LogP contribution in [-0.4, -0.2) is 33.0 Å². The second kappa shape index (κ2) is 5.11. The molecule has 1 unspecified atom stereocenters. The molecular formula is C15H20FNO2S. The van der Waals surface area contributed by atoms with E-state index in [0.29, 0.717) is 12.8 Å². The standard InChI is InChI=1S/C15H20FNO2S/c16-14-4-2-1-3-12(14)13-11-17-8-5-15(13)6-9-20(18,19)10-7-15/h1-4,13,17H,5-11H2. The fourth-order valence-electron chi connectivity index (χ4n) is 3.72. The summed E-state index contributed by atoms with van der Waals surface area (Å²) in [5.74, 6) is 0.401. The molecule has 1 atom stereocenters. The number of rotatable bonds is 1. The topological polar surface area (TPSA) is 46.2 Å². The Morgan fingerprint density at radius 2 is 1.85 bits per heavy atom. The van der Waals surface area contributed by atoms with Gasteiger partial charge < -0.3 is 5.32 Å². The van der Waals surface area contributed by atoms with Crippen molar-refractivity contribution in [3.05, 3.63) is 35.6 Å². The summed E-state index contributed by atoms with van der Waals surface area (Å²) in [5, 5.41) is 3.34. The van der Waals surface area contributed by atoms with E-state index in [-0.39, 0.29) is 28.7 Å². The van der Waals surface area contributed by atoms with E-state index in [0.717, 1.165) is 25.1 Å². The molecule has 2 heterocycles. The summed E-state index contributed by atoms with van der Waals surface area (Å²) in [6.45, 7) is 1.63. The maximum absolute atomic E-state index is 14.1. The average Bonchev–Trinajstić information content (AvgIpc) is 2.44. The maximum atomic E-state index is 14.1. The van der Waals surface area contributed by atoms with E-state index in [9.17, 15) is 12.8 Å². The van der Waals surface area contributed by atoms with Crippen molar-refractivity contribution >= 4 is 9.84 Å². The van der Waals surface area contributed by atoms with Gasteiger partial charge in [0.15, 0.2) is 0 Å². The van der Waals surface area contributed by atoms with Crippen LogP contribution in [0.1, 0.15) is 30.7 Å². The molecule has 110 valence electrons. The van der Waals surface area contributed by atoms with E-state index in [2.05, 4.69) is 5.32 Å². The molecule has 0 aromatic heterocycles. The number of piperidine rings is 1. The van der Waals surface area contributed by atoms with Crippen molar-refractivity contribution in [2.24, 2.45) is 5.41 Å². The first-order chi connectivity index (χ1) is 9.53. The Morgan fingerprint density at radius 1 is 1.15 bits per heavy atom. The molecular weight excluding hydrogens is 277 g/mol. The number of nitrogens with one attached hydrogen (secondary N) is 1. The van der Waals surface area contributed by atoms with Crippen molar-refractivity contribution < 1.29 is 12.8 Å². The highest BCUT2D eigenvalue weighted by Crippen LogP contribution is 2.49. The zero-order valence-corrected chi connectivity index (χ0v) is 12.3. The number of hydrogen-bond acceptors (Lipinski definition) is 3. The van der Waals surface area contributed by atoms with Gasteiger partial charge in [0, 0.05) is 12.5 Å².